The standard InChI is InChI=1S/C11H14F2N2O.ClH/c1-11(2,6-14)10(16)15-9-4-7(12)3-8(13)5-9;/h3-5H,6,14H2,1-2H3,(H,15,16);1H. The number of halogens is 3. The van der Waals surface area contributed by atoms with Gasteiger partial charge in [-0.05, 0) is 26.0 Å². The van der Waals surface area contributed by atoms with Crippen molar-refractivity contribution in [1.82, 2.24) is 0 Å². The molecule has 0 atom stereocenters. The van der Waals surface area contributed by atoms with Crippen LogP contribution in [0.5, 0.6) is 0 Å². The van der Waals surface area contributed by atoms with Gasteiger partial charge in [0.25, 0.3) is 0 Å². The van der Waals surface area contributed by atoms with Gasteiger partial charge in [-0.3, -0.25) is 4.79 Å². The lowest BCUT2D eigenvalue weighted by Crippen LogP contribution is -2.37. The highest BCUT2D eigenvalue weighted by atomic mass is 35.5. The zero-order valence-electron chi connectivity index (χ0n) is 9.59. The van der Waals surface area contributed by atoms with E-state index in [1.54, 1.807) is 13.8 Å². The van der Waals surface area contributed by atoms with E-state index in [0.29, 0.717) is 0 Å². The largest absolute Gasteiger partial charge is 0.329 e. The van der Waals surface area contributed by atoms with Gasteiger partial charge in [0.2, 0.25) is 5.91 Å². The Hall–Kier alpha value is -1.20. The van der Waals surface area contributed by atoms with Crippen molar-refractivity contribution in [3.63, 3.8) is 0 Å². The number of hydrogen-bond donors (Lipinski definition) is 2. The van der Waals surface area contributed by atoms with Crippen LogP contribution in [0.2, 0.25) is 0 Å². The Bertz CT molecular complexity index is 390. The minimum Gasteiger partial charge on any atom is -0.329 e. The SMILES string of the molecule is CC(C)(CN)C(=O)Nc1cc(F)cc(F)c1.Cl. The fourth-order valence-corrected chi connectivity index (χ4v) is 1.02. The number of amides is 1. The number of carbonyl (C=O) groups excluding carboxylic acids is 1. The summed E-state index contributed by atoms with van der Waals surface area (Å²) in [6, 6.07) is 2.84. The predicted molar refractivity (Wildman–Crippen MR) is 65.1 cm³/mol. The van der Waals surface area contributed by atoms with Crippen LogP contribution in [0.3, 0.4) is 0 Å². The first-order valence-corrected chi connectivity index (χ1v) is 4.83. The van der Waals surface area contributed by atoms with E-state index in [0.717, 1.165) is 18.2 Å². The molecule has 0 fully saturated rings. The molecule has 0 heterocycles. The van der Waals surface area contributed by atoms with Crippen LogP contribution in [0.15, 0.2) is 18.2 Å². The second-order valence-corrected chi connectivity index (χ2v) is 4.20. The first-order chi connectivity index (χ1) is 7.35. The maximum absolute atomic E-state index is 12.8. The van der Waals surface area contributed by atoms with E-state index >= 15 is 0 Å². The van der Waals surface area contributed by atoms with Crippen molar-refractivity contribution < 1.29 is 13.6 Å². The highest BCUT2D eigenvalue weighted by Gasteiger charge is 2.25. The molecule has 1 rings (SSSR count). The minimum atomic E-state index is -0.775. The lowest BCUT2D eigenvalue weighted by molar-refractivity contribution is -0.123. The van der Waals surface area contributed by atoms with E-state index in [1.807, 2.05) is 0 Å². The van der Waals surface area contributed by atoms with Crippen LogP contribution in [0.4, 0.5) is 14.5 Å². The molecule has 0 aliphatic carbocycles. The molecule has 0 aliphatic heterocycles. The van der Waals surface area contributed by atoms with Gasteiger partial charge in [-0.25, -0.2) is 8.78 Å². The predicted octanol–water partition coefficient (Wildman–Crippen LogP) is 2.31. The Morgan fingerprint density at radius 2 is 1.76 bits per heavy atom. The van der Waals surface area contributed by atoms with Gasteiger partial charge in [0.1, 0.15) is 11.6 Å². The number of anilines is 1. The molecule has 0 unspecified atom stereocenters. The summed E-state index contributed by atoms with van der Waals surface area (Å²) < 4.78 is 25.7. The summed E-state index contributed by atoms with van der Waals surface area (Å²) in [4.78, 5) is 11.7. The van der Waals surface area contributed by atoms with Gasteiger partial charge in [-0.15, -0.1) is 12.4 Å². The molecule has 17 heavy (non-hydrogen) atoms. The van der Waals surface area contributed by atoms with Crippen LogP contribution < -0.4 is 11.1 Å². The highest BCUT2D eigenvalue weighted by molar-refractivity contribution is 5.94. The van der Waals surface area contributed by atoms with Crippen LogP contribution >= 0.6 is 12.4 Å². The zero-order chi connectivity index (χ0) is 12.3. The first-order valence-electron chi connectivity index (χ1n) is 4.83. The molecule has 96 valence electrons. The molecule has 0 saturated carbocycles. The second-order valence-electron chi connectivity index (χ2n) is 4.20. The van der Waals surface area contributed by atoms with Crippen LogP contribution in [-0.2, 0) is 4.79 Å². The molecular weight excluding hydrogens is 250 g/mol. The first kappa shape index (κ1) is 15.8. The van der Waals surface area contributed by atoms with Gasteiger partial charge in [0.05, 0.1) is 5.41 Å². The normalized spacial score (nSPS) is 10.6. The average molecular weight is 265 g/mol. The molecule has 1 amide bonds. The van der Waals surface area contributed by atoms with Crippen LogP contribution in [-0.4, -0.2) is 12.5 Å². The molecule has 1 aromatic carbocycles. The van der Waals surface area contributed by atoms with E-state index in [1.165, 1.54) is 0 Å². The Balaban J connectivity index is 0.00000256. The maximum Gasteiger partial charge on any atom is 0.231 e. The summed E-state index contributed by atoms with van der Waals surface area (Å²) in [5.41, 5.74) is 4.72. The quantitative estimate of drug-likeness (QED) is 0.880. The maximum atomic E-state index is 12.8. The fraction of sp³-hybridized carbons (Fsp3) is 0.364. The van der Waals surface area contributed by atoms with Gasteiger partial charge in [0, 0.05) is 18.3 Å². The van der Waals surface area contributed by atoms with E-state index in [-0.39, 0.29) is 30.5 Å². The monoisotopic (exact) mass is 264 g/mol. The van der Waals surface area contributed by atoms with Crippen molar-refractivity contribution in [1.29, 1.82) is 0 Å². The summed E-state index contributed by atoms with van der Waals surface area (Å²) >= 11 is 0. The molecule has 0 saturated heterocycles. The Morgan fingerprint density at radius 3 is 2.18 bits per heavy atom. The summed E-state index contributed by atoms with van der Waals surface area (Å²) in [5.74, 6) is -1.85. The van der Waals surface area contributed by atoms with E-state index in [4.69, 9.17) is 5.73 Å². The molecule has 6 heteroatoms. The molecule has 0 aromatic heterocycles. The Kier molecular flexibility index (Phi) is 5.51. The Morgan fingerprint density at radius 1 is 1.29 bits per heavy atom. The van der Waals surface area contributed by atoms with E-state index in [9.17, 15) is 13.6 Å². The third-order valence-electron chi connectivity index (χ3n) is 2.25. The summed E-state index contributed by atoms with van der Waals surface area (Å²) in [6.07, 6.45) is 0. The molecular formula is C11H15ClF2N2O. The number of benzene rings is 1. The molecule has 3 N–H and O–H groups in total. The molecule has 3 nitrogen and oxygen atoms in total. The average Bonchev–Trinajstić information content (AvgIpc) is 2.15. The van der Waals surface area contributed by atoms with Gasteiger partial charge < -0.3 is 11.1 Å². The summed E-state index contributed by atoms with van der Waals surface area (Å²) in [6.45, 7) is 3.45. The number of carbonyl (C=O) groups is 1. The van der Waals surface area contributed by atoms with E-state index < -0.39 is 17.0 Å². The number of nitrogens with two attached hydrogens (primary N) is 1. The van der Waals surface area contributed by atoms with Gasteiger partial charge >= 0.3 is 0 Å². The zero-order valence-corrected chi connectivity index (χ0v) is 10.4. The molecule has 0 radical (unpaired) electrons. The highest BCUT2D eigenvalue weighted by Crippen LogP contribution is 2.18. The van der Waals surface area contributed by atoms with E-state index in [2.05, 4.69) is 5.32 Å². The van der Waals surface area contributed by atoms with Crippen molar-refractivity contribution in [2.45, 2.75) is 13.8 Å². The minimum absolute atomic E-state index is 0. The lowest BCUT2D eigenvalue weighted by Gasteiger charge is -2.21. The van der Waals surface area contributed by atoms with Crippen LogP contribution in [0.1, 0.15) is 13.8 Å². The number of nitrogens with one attached hydrogen (secondary N) is 1. The van der Waals surface area contributed by atoms with Crippen LogP contribution in [0, 0.1) is 17.0 Å². The van der Waals surface area contributed by atoms with Gasteiger partial charge in [0.15, 0.2) is 0 Å². The number of hydrogen-bond acceptors (Lipinski definition) is 2. The van der Waals surface area contributed by atoms with Crippen LogP contribution in [0.25, 0.3) is 0 Å². The fourth-order valence-electron chi connectivity index (χ4n) is 1.02. The molecule has 0 aliphatic rings. The lowest BCUT2D eigenvalue weighted by atomic mass is 9.92. The number of rotatable bonds is 3. The summed E-state index contributed by atoms with van der Waals surface area (Å²) in [7, 11) is 0. The van der Waals surface area contributed by atoms with Crippen molar-refractivity contribution in [2.24, 2.45) is 11.1 Å². The molecule has 0 bridgehead atoms. The van der Waals surface area contributed by atoms with Crippen molar-refractivity contribution in [2.75, 3.05) is 11.9 Å². The van der Waals surface area contributed by atoms with Crippen molar-refractivity contribution >= 4 is 24.0 Å². The molecule has 0 spiro atoms. The van der Waals surface area contributed by atoms with Gasteiger partial charge in [-0.1, -0.05) is 0 Å². The van der Waals surface area contributed by atoms with Crippen molar-refractivity contribution in [3.05, 3.63) is 29.8 Å². The Labute approximate surface area is 105 Å². The van der Waals surface area contributed by atoms with Crippen molar-refractivity contribution in [3.8, 4) is 0 Å². The third kappa shape index (κ3) is 4.28. The molecule has 1 aromatic rings. The second kappa shape index (κ2) is 5.93. The summed E-state index contributed by atoms with van der Waals surface area (Å²) in [5, 5.41) is 2.42. The third-order valence-corrected chi connectivity index (χ3v) is 2.25. The smallest absolute Gasteiger partial charge is 0.231 e. The topological polar surface area (TPSA) is 55.1 Å². The van der Waals surface area contributed by atoms with Gasteiger partial charge in [-0.2, -0.15) is 0 Å².